The first-order valence-corrected chi connectivity index (χ1v) is 8.18. The van der Waals surface area contributed by atoms with E-state index in [9.17, 15) is 9.18 Å². The molecular weight excluding hydrogens is 321 g/mol. The number of amides is 1. The van der Waals surface area contributed by atoms with Crippen LogP contribution in [-0.4, -0.2) is 46.5 Å². The number of benzene rings is 1. The average molecular weight is 337 g/mol. The molecule has 0 aliphatic carbocycles. The van der Waals surface area contributed by atoms with Crippen LogP contribution < -0.4 is 0 Å². The van der Waals surface area contributed by atoms with Crippen molar-refractivity contribution in [2.45, 2.75) is 18.3 Å². The van der Waals surface area contributed by atoms with E-state index in [2.05, 4.69) is 10.2 Å². The van der Waals surface area contributed by atoms with Crippen LogP contribution in [0.25, 0.3) is 0 Å². The molecule has 1 aliphatic rings. The molecule has 0 unspecified atom stereocenters. The lowest BCUT2D eigenvalue weighted by Crippen LogP contribution is -2.43. The summed E-state index contributed by atoms with van der Waals surface area (Å²) in [5, 5.41) is 7.96. The molecule has 0 saturated carbocycles. The third-order valence-corrected chi connectivity index (χ3v) is 4.29. The minimum atomic E-state index is -0.288. The molecule has 1 aliphatic heterocycles. The van der Waals surface area contributed by atoms with Crippen LogP contribution in [0.5, 0.6) is 0 Å². The summed E-state index contributed by atoms with van der Waals surface area (Å²) in [6, 6.07) is 6.16. The highest BCUT2D eigenvalue weighted by Crippen LogP contribution is 2.24. The van der Waals surface area contributed by atoms with Crippen molar-refractivity contribution in [3.8, 4) is 0 Å². The van der Waals surface area contributed by atoms with E-state index < -0.39 is 0 Å². The van der Waals surface area contributed by atoms with Gasteiger partial charge in [-0.2, -0.15) is 0 Å². The number of halogens is 1. The zero-order valence-electron chi connectivity index (χ0n) is 12.6. The topological polar surface area (TPSA) is 68.5 Å². The minimum absolute atomic E-state index is 0.0127. The van der Waals surface area contributed by atoms with Crippen LogP contribution in [0.4, 0.5) is 4.39 Å². The van der Waals surface area contributed by atoms with Gasteiger partial charge in [0.1, 0.15) is 11.9 Å². The van der Waals surface area contributed by atoms with Gasteiger partial charge in [0.05, 0.1) is 18.9 Å². The lowest BCUT2D eigenvalue weighted by atomic mass is 10.1. The first kappa shape index (κ1) is 15.9. The number of carbonyl (C=O) groups is 1. The number of rotatable bonds is 4. The van der Waals surface area contributed by atoms with E-state index >= 15 is 0 Å². The molecule has 122 valence electrons. The van der Waals surface area contributed by atoms with Crippen molar-refractivity contribution in [3.63, 3.8) is 0 Å². The van der Waals surface area contributed by atoms with Gasteiger partial charge in [0.2, 0.25) is 11.8 Å². The molecule has 0 bridgehead atoms. The standard InChI is InChI=1S/C15H16FN3O3S/c1-10-17-18-15(22-10)23-9-14(20)19-6-7-21-13(8-19)11-2-4-12(16)5-3-11/h2-5,13H,6-9H2,1H3/t13-/m0/s1. The summed E-state index contributed by atoms with van der Waals surface area (Å²) in [4.78, 5) is 14.1. The number of hydrogen-bond donors (Lipinski definition) is 0. The summed E-state index contributed by atoms with van der Waals surface area (Å²) < 4.78 is 23.9. The fourth-order valence-electron chi connectivity index (χ4n) is 2.31. The van der Waals surface area contributed by atoms with E-state index in [-0.39, 0.29) is 23.6 Å². The summed E-state index contributed by atoms with van der Waals surface area (Å²) in [6.07, 6.45) is -0.232. The first-order valence-electron chi connectivity index (χ1n) is 7.19. The van der Waals surface area contributed by atoms with E-state index in [0.717, 1.165) is 5.56 Å². The Labute approximate surface area is 137 Å². The van der Waals surface area contributed by atoms with Crippen molar-refractivity contribution in [2.75, 3.05) is 25.4 Å². The Morgan fingerprint density at radius 2 is 2.17 bits per heavy atom. The summed E-state index contributed by atoms with van der Waals surface area (Å²) >= 11 is 1.22. The van der Waals surface area contributed by atoms with Gasteiger partial charge in [-0.1, -0.05) is 23.9 Å². The number of ether oxygens (including phenoxy) is 1. The highest BCUT2D eigenvalue weighted by atomic mass is 32.2. The van der Waals surface area contributed by atoms with Crippen molar-refractivity contribution < 1.29 is 18.3 Å². The fourth-order valence-corrected chi connectivity index (χ4v) is 3.01. The van der Waals surface area contributed by atoms with Crippen molar-refractivity contribution in [1.82, 2.24) is 15.1 Å². The second-order valence-electron chi connectivity index (χ2n) is 5.13. The molecule has 0 spiro atoms. The van der Waals surface area contributed by atoms with Crippen LogP contribution in [0.15, 0.2) is 33.9 Å². The van der Waals surface area contributed by atoms with Gasteiger partial charge in [-0.25, -0.2) is 4.39 Å². The molecule has 1 saturated heterocycles. The predicted octanol–water partition coefficient (Wildman–Crippen LogP) is 2.21. The number of carbonyl (C=O) groups excluding carboxylic acids is 1. The largest absolute Gasteiger partial charge is 0.416 e. The second kappa shape index (κ2) is 7.10. The van der Waals surface area contributed by atoms with E-state index in [0.29, 0.717) is 30.8 Å². The van der Waals surface area contributed by atoms with Gasteiger partial charge < -0.3 is 14.1 Å². The summed E-state index contributed by atoms with van der Waals surface area (Å²) in [6.45, 7) is 3.15. The molecular formula is C15H16FN3O3S. The van der Waals surface area contributed by atoms with Gasteiger partial charge in [0.25, 0.3) is 5.22 Å². The number of nitrogens with zero attached hydrogens (tertiary/aromatic N) is 3. The molecule has 1 fully saturated rings. The van der Waals surface area contributed by atoms with Gasteiger partial charge in [-0.3, -0.25) is 4.79 Å². The van der Waals surface area contributed by atoms with Crippen molar-refractivity contribution in [3.05, 3.63) is 41.5 Å². The zero-order valence-corrected chi connectivity index (χ0v) is 13.4. The van der Waals surface area contributed by atoms with Crippen molar-refractivity contribution >= 4 is 17.7 Å². The number of morpholine rings is 1. The van der Waals surface area contributed by atoms with Crippen LogP contribution in [0.2, 0.25) is 0 Å². The molecule has 2 aromatic rings. The molecule has 0 N–H and O–H groups in total. The molecule has 3 rings (SSSR count). The molecule has 1 aromatic heterocycles. The monoisotopic (exact) mass is 337 g/mol. The summed E-state index contributed by atoms with van der Waals surface area (Å²) in [5.74, 6) is 0.408. The Morgan fingerprint density at radius 1 is 1.39 bits per heavy atom. The van der Waals surface area contributed by atoms with Gasteiger partial charge in [-0.15, -0.1) is 10.2 Å². The van der Waals surface area contributed by atoms with Crippen LogP contribution in [0, 0.1) is 12.7 Å². The molecule has 6 nitrogen and oxygen atoms in total. The maximum atomic E-state index is 13.0. The SMILES string of the molecule is Cc1nnc(SCC(=O)N2CCO[C@H](c3ccc(F)cc3)C2)o1. The van der Waals surface area contributed by atoms with Crippen molar-refractivity contribution in [1.29, 1.82) is 0 Å². The smallest absolute Gasteiger partial charge is 0.277 e. The third kappa shape index (κ3) is 4.08. The lowest BCUT2D eigenvalue weighted by molar-refractivity contribution is -0.136. The summed E-state index contributed by atoms with van der Waals surface area (Å²) in [5.41, 5.74) is 0.865. The number of thioether (sulfide) groups is 1. The maximum Gasteiger partial charge on any atom is 0.277 e. The van der Waals surface area contributed by atoms with E-state index in [1.54, 1.807) is 24.0 Å². The molecule has 0 radical (unpaired) electrons. The predicted molar refractivity (Wildman–Crippen MR) is 81.4 cm³/mol. The molecule has 8 heteroatoms. The normalized spacial score (nSPS) is 18.2. The fraction of sp³-hybridized carbons (Fsp3) is 0.400. The van der Waals surface area contributed by atoms with E-state index in [1.165, 1.54) is 23.9 Å². The summed E-state index contributed by atoms with van der Waals surface area (Å²) in [7, 11) is 0. The number of hydrogen-bond acceptors (Lipinski definition) is 6. The number of aromatic nitrogens is 2. The van der Waals surface area contributed by atoms with Gasteiger partial charge in [-0.05, 0) is 17.7 Å². The van der Waals surface area contributed by atoms with Crippen molar-refractivity contribution in [2.24, 2.45) is 0 Å². The van der Waals surface area contributed by atoms with E-state index in [1.807, 2.05) is 0 Å². The van der Waals surface area contributed by atoms with Crippen LogP contribution >= 0.6 is 11.8 Å². The molecule has 23 heavy (non-hydrogen) atoms. The van der Waals surface area contributed by atoms with Gasteiger partial charge >= 0.3 is 0 Å². The third-order valence-electron chi connectivity index (χ3n) is 3.49. The molecule has 1 atom stereocenters. The Balaban J connectivity index is 1.57. The van der Waals surface area contributed by atoms with Crippen LogP contribution in [0.1, 0.15) is 17.6 Å². The molecule has 1 amide bonds. The van der Waals surface area contributed by atoms with Crippen LogP contribution in [-0.2, 0) is 9.53 Å². The maximum absolute atomic E-state index is 13.0. The van der Waals surface area contributed by atoms with Gasteiger partial charge in [0.15, 0.2) is 0 Å². The minimum Gasteiger partial charge on any atom is -0.416 e. The first-order chi connectivity index (χ1) is 11.1. The quantitative estimate of drug-likeness (QED) is 0.797. The Hall–Kier alpha value is -1.93. The Bertz CT molecular complexity index is 677. The number of aryl methyl sites for hydroxylation is 1. The lowest BCUT2D eigenvalue weighted by Gasteiger charge is -2.33. The highest BCUT2D eigenvalue weighted by molar-refractivity contribution is 7.99. The van der Waals surface area contributed by atoms with Crippen LogP contribution in [0.3, 0.4) is 0 Å². The second-order valence-corrected chi connectivity index (χ2v) is 6.05. The Kier molecular flexibility index (Phi) is 4.92. The Morgan fingerprint density at radius 3 is 2.87 bits per heavy atom. The zero-order chi connectivity index (χ0) is 16.2. The highest BCUT2D eigenvalue weighted by Gasteiger charge is 2.25. The van der Waals surface area contributed by atoms with Gasteiger partial charge in [0, 0.05) is 13.5 Å². The molecule has 1 aromatic carbocycles. The molecule has 2 heterocycles. The van der Waals surface area contributed by atoms with E-state index in [4.69, 9.17) is 9.15 Å². The average Bonchev–Trinajstić information content (AvgIpc) is 2.99.